The van der Waals surface area contributed by atoms with Crippen LogP contribution in [0.3, 0.4) is 0 Å². The lowest BCUT2D eigenvalue weighted by atomic mass is 10.00. The van der Waals surface area contributed by atoms with Gasteiger partial charge in [-0.1, -0.05) is 60.3 Å². The molecule has 0 bridgehead atoms. The third kappa shape index (κ3) is 3.29. The molecular formula is C18H16N2O2S. The quantitative estimate of drug-likeness (QED) is 0.570. The molecule has 116 valence electrons. The van der Waals surface area contributed by atoms with E-state index in [1.165, 1.54) is 11.8 Å². The molecule has 1 aromatic heterocycles. The van der Waals surface area contributed by atoms with E-state index in [1.807, 2.05) is 48.7 Å². The van der Waals surface area contributed by atoms with Gasteiger partial charge in [0.25, 0.3) is 5.56 Å². The van der Waals surface area contributed by atoms with Gasteiger partial charge in [-0.15, -0.1) is 0 Å². The van der Waals surface area contributed by atoms with Crippen LogP contribution in [0.2, 0.25) is 0 Å². The molecule has 0 aliphatic rings. The number of phenolic OH excluding ortho intramolecular Hbond substituents is 1. The van der Waals surface area contributed by atoms with E-state index in [2.05, 4.69) is 9.97 Å². The third-order valence-corrected chi connectivity index (χ3v) is 4.17. The first-order valence-electron chi connectivity index (χ1n) is 7.18. The van der Waals surface area contributed by atoms with Crippen molar-refractivity contribution >= 4 is 11.8 Å². The van der Waals surface area contributed by atoms with E-state index in [0.717, 1.165) is 5.56 Å². The monoisotopic (exact) mass is 324 g/mol. The number of aromatic hydroxyl groups is 1. The van der Waals surface area contributed by atoms with Crippen LogP contribution in [0.25, 0.3) is 11.3 Å². The lowest BCUT2D eigenvalue weighted by molar-refractivity contribution is 0.469. The summed E-state index contributed by atoms with van der Waals surface area (Å²) in [7, 11) is 0. The van der Waals surface area contributed by atoms with Crippen molar-refractivity contribution < 1.29 is 5.11 Å². The molecule has 1 heterocycles. The Balaban J connectivity index is 2.16. The Kier molecular flexibility index (Phi) is 4.48. The molecular weight excluding hydrogens is 308 g/mol. The van der Waals surface area contributed by atoms with E-state index in [0.29, 0.717) is 28.4 Å². The van der Waals surface area contributed by atoms with Crippen molar-refractivity contribution in [1.82, 2.24) is 9.97 Å². The van der Waals surface area contributed by atoms with Crippen molar-refractivity contribution in [3.8, 4) is 17.0 Å². The second-order valence-electron chi connectivity index (χ2n) is 5.07. The summed E-state index contributed by atoms with van der Waals surface area (Å²) in [6.07, 6.45) is 2.20. The Morgan fingerprint density at radius 1 is 1.09 bits per heavy atom. The largest absolute Gasteiger partial charge is 0.508 e. The van der Waals surface area contributed by atoms with Gasteiger partial charge in [-0.25, -0.2) is 4.98 Å². The van der Waals surface area contributed by atoms with Crippen LogP contribution in [0.1, 0.15) is 11.1 Å². The molecule has 0 radical (unpaired) electrons. The van der Waals surface area contributed by atoms with Gasteiger partial charge in [0.2, 0.25) is 0 Å². The summed E-state index contributed by atoms with van der Waals surface area (Å²) in [4.78, 5) is 19.9. The molecule has 2 aromatic carbocycles. The number of aromatic nitrogens is 2. The van der Waals surface area contributed by atoms with Crippen LogP contribution in [0.15, 0.2) is 64.5 Å². The molecule has 0 aliphatic carbocycles. The van der Waals surface area contributed by atoms with Crippen molar-refractivity contribution in [2.24, 2.45) is 0 Å². The van der Waals surface area contributed by atoms with Crippen LogP contribution in [0.4, 0.5) is 0 Å². The highest BCUT2D eigenvalue weighted by Crippen LogP contribution is 2.25. The number of aromatic amines is 1. The van der Waals surface area contributed by atoms with E-state index in [-0.39, 0.29) is 11.3 Å². The summed E-state index contributed by atoms with van der Waals surface area (Å²) in [5.41, 5.74) is 2.62. The van der Waals surface area contributed by atoms with Crippen molar-refractivity contribution in [3.05, 3.63) is 76.1 Å². The predicted octanol–water partition coefficient (Wildman–Crippen LogP) is 3.46. The summed E-state index contributed by atoms with van der Waals surface area (Å²) < 4.78 is 0. The highest BCUT2D eigenvalue weighted by Gasteiger charge is 2.15. The number of rotatable bonds is 4. The van der Waals surface area contributed by atoms with Gasteiger partial charge in [0.15, 0.2) is 5.16 Å². The summed E-state index contributed by atoms with van der Waals surface area (Å²) in [6.45, 7) is 0. The Morgan fingerprint density at radius 3 is 2.48 bits per heavy atom. The Labute approximate surface area is 138 Å². The molecule has 0 unspecified atom stereocenters. The summed E-state index contributed by atoms with van der Waals surface area (Å²) >= 11 is 1.39. The molecule has 0 saturated carbocycles. The maximum atomic E-state index is 12.5. The van der Waals surface area contributed by atoms with E-state index in [1.54, 1.807) is 12.1 Å². The number of benzene rings is 2. The molecule has 5 heteroatoms. The summed E-state index contributed by atoms with van der Waals surface area (Å²) in [5.74, 6) is 0.180. The standard InChI is InChI=1S/C18H16N2O2S/c1-23-18-19-16(12-7-3-2-4-8-12)14(17(22)20-18)11-13-9-5-6-10-15(13)21/h2-10,21H,11H2,1H3,(H,19,20,22). The minimum Gasteiger partial charge on any atom is -0.508 e. The Morgan fingerprint density at radius 2 is 1.78 bits per heavy atom. The molecule has 2 N–H and O–H groups in total. The highest BCUT2D eigenvalue weighted by atomic mass is 32.2. The maximum absolute atomic E-state index is 12.5. The molecule has 3 aromatic rings. The van der Waals surface area contributed by atoms with Crippen LogP contribution in [0, 0.1) is 0 Å². The second-order valence-corrected chi connectivity index (χ2v) is 5.87. The minimum absolute atomic E-state index is 0.175. The fourth-order valence-electron chi connectivity index (χ4n) is 2.42. The van der Waals surface area contributed by atoms with Gasteiger partial charge in [-0.05, 0) is 17.9 Å². The van der Waals surface area contributed by atoms with Gasteiger partial charge >= 0.3 is 0 Å². The zero-order valence-corrected chi connectivity index (χ0v) is 13.4. The fourth-order valence-corrected chi connectivity index (χ4v) is 2.80. The number of para-hydroxylation sites is 1. The van der Waals surface area contributed by atoms with E-state index < -0.39 is 0 Å². The lowest BCUT2D eigenvalue weighted by Gasteiger charge is -2.10. The number of H-pyrrole nitrogens is 1. The number of hydrogen-bond donors (Lipinski definition) is 2. The predicted molar refractivity (Wildman–Crippen MR) is 93.0 cm³/mol. The molecule has 0 amide bonds. The first-order chi connectivity index (χ1) is 11.2. The van der Waals surface area contributed by atoms with Gasteiger partial charge in [0.1, 0.15) is 5.75 Å². The summed E-state index contributed by atoms with van der Waals surface area (Å²) in [6, 6.07) is 16.7. The number of nitrogens with zero attached hydrogens (tertiary/aromatic N) is 1. The Hall–Kier alpha value is -2.53. The maximum Gasteiger partial charge on any atom is 0.255 e. The number of nitrogens with one attached hydrogen (secondary N) is 1. The zero-order chi connectivity index (χ0) is 16.2. The minimum atomic E-state index is -0.175. The van der Waals surface area contributed by atoms with Gasteiger partial charge in [-0.3, -0.25) is 4.79 Å². The number of phenols is 1. The molecule has 0 spiro atoms. The molecule has 4 nitrogen and oxygen atoms in total. The van der Waals surface area contributed by atoms with Gasteiger partial charge in [0.05, 0.1) is 5.69 Å². The van der Waals surface area contributed by atoms with Crippen LogP contribution < -0.4 is 5.56 Å². The fraction of sp³-hybridized carbons (Fsp3) is 0.111. The Bertz CT molecular complexity index is 876. The topological polar surface area (TPSA) is 66.0 Å². The second kappa shape index (κ2) is 6.71. The number of hydrogen-bond acceptors (Lipinski definition) is 4. The van der Waals surface area contributed by atoms with E-state index >= 15 is 0 Å². The average molecular weight is 324 g/mol. The number of thioether (sulfide) groups is 1. The first kappa shape index (κ1) is 15.4. The van der Waals surface area contributed by atoms with Crippen molar-refractivity contribution in [2.75, 3.05) is 6.26 Å². The van der Waals surface area contributed by atoms with Gasteiger partial charge < -0.3 is 10.1 Å². The van der Waals surface area contributed by atoms with Crippen LogP contribution in [-0.2, 0) is 6.42 Å². The SMILES string of the molecule is CSc1nc(-c2ccccc2)c(Cc2ccccc2O)c(=O)[nH]1. The molecule has 0 aliphatic heterocycles. The first-order valence-corrected chi connectivity index (χ1v) is 8.41. The highest BCUT2D eigenvalue weighted by molar-refractivity contribution is 7.98. The van der Waals surface area contributed by atoms with E-state index in [9.17, 15) is 9.90 Å². The average Bonchev–Trinajstić information content (AvgIpc) is 2.59. The van der Waals surface area contributed by atoms with Gasteiger partial charge in [0, 0.05) is 17.5 Å². The third-order valence-electron chi connectivity index (χ3n) is 3.59. The van der Waals surface area contributed by atoms with Crippen LogP contribution in [-0.4, -0.2) is 21.3 Å². The normalized spacial score (nSPS) is 10.7. The molecule has 0 atom stereocenters. The van der Waals surface area contributed by atoms with Crippen molar-refractivity contribution in [1.29, 1.82) is 0 Å². The molecule has 0 saturated heterocycles. The van der Waals surface area contributed by atoms with E-state index in [4.69, 9.17) is 0 Å². The van der Waals surface area contributed by atoms with Crippen LogP contribution in [0.5, 0.6) is 5.75 Å². The molecule has 23 heavy (non-hydrogen) atoms. The smallest absolute Gasteiger partial charge is 0.255 e. The van der Waals surface area contributed by atoms with Crippen LogP contribution >= 0.6 is 11.8 Å². The summed E-state index contributed by atoms with van der Waals surface area (Å²) in [5, 5.41) is 10.6. The van der Waals surface area contributed by atoms with Gasteiger partial charge in [-0.2, -0.15) is 0 Å². The van der Waals surface area contributed by atoms with Crippen molar-refractivity contribution in [3.63, 3.8) is 0 Å². The lowest BCUT2D eigenvalue weighted by Crippen LogP contribution is -2.17. The zero-order valence-electron chi connectivity index (χ0n) is 12.6. The van der Waals surface area contributed by atoms with Crippen molar-refractivity contribution in [2.45, 2.75) is 11.6 Å². The molecule has 3 rings (SSSR count). The molecule has 0 fully saturated rings.